The minimum absolute atomic E-state index is 0.294. The zero-order valence-electron chi connectivity index (χ0n) is 7.80. The van der Waals surface area contributed by atoms with Crippen LogP contribution in [0, 0.1) is 0 Å². The van der Waals surface area contributed by atoms with Crippen molar-refractivity contribution in [2.24, 2.45) is 0 Å². The van der Waals surface area contributed by atoms with Crippen LogP contribution in [0.2, 0.25) is 0 Å². The van der Waals surface area contributed by atoms with E-state index in [1.807, 2.05) is 0 Å². The zero-order valence-corrected chi connectivity index (χ0v) is 7.80. The Kier molecular flexibility index (Phi) is 2.55. The third-order valence-corrected chi connectivity index (χ3v) is 1.89. The van der Waals surface area contributed by atoms with Crippen LogP contribution in [0.4, 0.5) is 4.79 Å². The van der Waals surface area contributed by atoms with E-state index in [-0.39, 0.29) is 12.1 Å². The standard InChI is InChI=1S/C8H12N2O3/c1-4-6(7(11)13-3)5(2)10-8(12)9-4/h4H,1-3H3,(H2,9,10,12)/t4-/m1/s1. The van der Waals surface area contributed by atoms with Crippen molar-refractivity contribution in [2.75, 3.05) is 7.11 Å². The topological polar surface area (TPSA) is 67.4 Å². The van der Waals surface area contributed by atoms with Gasteiger partial charge in [-0.2, -0.15) is 0 Å². The molecule has 2 N–H and O–H groups in total. The molecule has 1 heterocycles. The highest BCUT2D eigenvalue weighted by Crippen LogP contribution is 2.12. The summed E-state index contributed by atoms with van der Waals surface area (Å²) in [5.74, 6) is -0.419. The summed E-state index contributed by atoms with van der Waals surface area (Å²) in [7, 11) is 1.31. The Hall–Kier alpha value is -1.52. The molecule has 0 spiro atoms. The number of hydrogen-bond donors (Lipinski definition) is 2. The van der Waals surface area contributed by atoms with Crippen molar-refractivity contribution in [2.45, 2.75) is 19.9 Å². The van der Waals surface area contributed by atoms with Crippen molar-refractivity contribution in [3.05, 3.63) is 11.3 Å². The number of esters is 1. The van der Waals surface area contributed by atoms with Gasteiger partial charge in [-0.15, -0.1) is 0 Å². The number of rotatable bonds is 1. The fourth-order valence-corrected chi connectivity index (χ4v) is 1.31. The maximum Gasteiger partial charge on any atom is 0.337 e. The largest absolute Gasteiger partial charge is 0.466 e. The van der Waals surface area contributed by atoms with Gasteiger partial charge in [-0.3, -0.25) is 0 Å². The van der Waals surface area contributed by atoms with E-state index in [0.29, 0.717) is 11.3 Å². The number of urea groups is 1. The summed E-state index contributed by atoms with van der Waals surface area (Å²) in [5.41, 5.74) is 1.00. The summed E-state index contributed by atoms with van der Waals surface area (Å²) in [6.45, 7) is 3.40. The summed E-state index contributed by atoms with van der Waals surface area (Å²) < 4.78 is 4.58. The second-order valence-corrected chi connectivity index (χ2v) is 2.85. The quantitative estimate of drug-likeness (QED) is 0.569. The van der Waals surface area contributed by atoms with Gasteiger partial charge in [0.05, 0.1) is 18.7 Å². The van der Waals surface area contributed by atoms with E-state index in [1.165, 1.54) is 7.11 Å². The normalized spacial score (nSPS) is 22.1. The molecule has 0 aromatic carbocycles. The Labute approximate surface area is 76.1 Å². The molecule has 0 aliphatic carbocycles. The second kappa shape index (κ2) is 3.47. The van der Waals surface area contributed by atoms with E-state index in [9.17, 15) is 9.59 Å². The number of hydrogen-bond acceptors (Lipinski definition) is 3. The van der Waals surface area contributed by atoms with Gasteiger partial charge in [0.15, 0.2) is 0 Å². The predicted molar refractivity (Wildman–Crippen MR) is 45.8 cm³/mol. The van der Waals surface area contributed by atoms with Crippen molar-refractivity contribution < 1.29 is 14.3 Å². The van der Waals surface area contributed by atoms with Gasteiger partial charge in [0.1, 0.15) is 0 Å². The first kappa shape index (κ1) is 9.57. The molecule has 1 rings (SSSR count). The summed E-state index contributed by atoms with van der Waals surface area (Å²) in [4.78, 5) is 22.2. The molecule has 0 bridgehead atoms. The Bertz CT molecular complexity index is 283. The van der Waals surface area contributed by atoms with Gasteiger partial charge in [0, 0.05) is 5.70 Å². The van der Waals surface area contributed by atoms with E-state index in [1.54, 1.807) is 13.8 Å². The highest BCUT2D eigenvalue weighted by Gasteiger charge is 2.26. The highest BCUT2D eigenvalue weighted by atomic mass is 16.5. The lowest BCUT2D eigenvalue weighted by molar-refractivity contribution is -0.136. The van der Waals surface area contributed by atoms with Crippen LogP contribution < -0.4 is 10.6 Å². The van der Waals surface area contributed by atoms with Crippen molar-refractivity contribution in [1.29, 1.82) is 0 Å². The molecule has 0 aromatic rings. The molecule has 1 atom stereocenters. The molecule has 1 aliphatic rings. The molecule has 0 radical (unpaired) electrons. The van der Waals surface area contributed by atoms with Crippen molar-refractivity contribution in [1.82, 2.24) is 10.6 Å². The monoisotopic (exact) mass is 184 g/mol. The van der Waals surface area contributed by atoms with Crippen molar-refractivity contribution in [3.8, 4) is 0 Å². The molecule has 0 aromatic heterocycles. The fraction of sp³-hybridized carbons (Fsp3) is 0.500. The Morgan fingerprint density at radius 1 is 1.54 bits per heavy atom. The zero-order chi connectivity index (χ0) is 10.0. The predicted octanol–water partition coefficient (Wildman–Crippen LogP) is 0.135. The lowest BCUT2D eigenvalue weighted by Gasteiger charge is -2.24. The van der Waals surface area contributed by atoms with Crippen LogP contribution in [0.5, 0.6) is 0 Å². The SMILES string of the molecule is COC(=O)C1=C(C)NC(=O)N[C@@H]1C. The fourth-order valence-electron chi connectivity index (χ4n) is 1.31. The van der Waals surface area contributed by atoms with Crippen LogP contribution in [0.25, 0.3) is 0 Å². The van der Waals surface area contributed by atoms with Crippen LogP contribution in [0.15, 0.2) is 11.3 Å². The minimum Gasteiger partial charge on any atom is -0.466 e. The van der Waals surface area contributed by atoms with Crippen LogP contribution in [0.3, 0.4) is 0 Å². The van der Waals surface area contributed by atoms with Gasteiger partial charge in [-0.1, -0.05) is 0 Å². The van der Waals surface area contributed by atoms with Gasteiger partial charge in [-0.25, -0.2) is 9.59 Å². The van der Waals surface area contributed by atoms with E-state index < -0.39 is 5.97 Å². The summed E-state index contributed by atoms with van der Waals surface area (Å²) >= 11 is 0. The molecule has 5 nitrogen and oxygen atoms in total. The highest BCUT2D eigenvalue weighted by molar-refractivity contribution is 5.94. The number of carbonyl (C=O) groups excluding carboxylic acids is 2. The number of allylic oxidation sites excluding steroid dienone is 1. The molecule has 0 saturated heterocycles. The van der Waals surface area contributed by atoms with Gasteiger partial charge in [0.25, 0.3) is 0 Å². The van der Waals surface area contributed by atoms with Gasteiger partial charge < -0.3 is 15.4 Å². The minimum atomic E-state index is -0.419. The lowest BCUT2D eigenvalue weighted by atomic mass is 10.1. The van der Waals surface area contributed by atoms with Crippen LogP contribution >= 0.6 is 0 Å². The third kappa shape index (κ3) is 1.80. The average molecular weight is 184 g/mol. The molecule has 5 heteroatoms. The average Bonchev–Trinajstić information content (AvgIpc) is 2.02. The molecule has 0 unspecified atom stereocenters. The van der Waals surface area contributed by atoms with E-state index in [4.69, 9.17) is 0 Å². The van der Waals surface area contributed by atoms with Crippen molar-refractivity contribution in [3.63, 3.8) is 0 Å². The molecular weight excluding hydrogens is 172 g/mol. The first-order valence-electron chi connectivity index (χ1n) is 3.93. The maximum absolute atomic E-state index is 11.2. The molecule has 72 valence electrons. The Morgan fingerprint density at radius 2 is 2.15 bits per heavy atom. The van der Waals surface area contributed by atoms with Crippen molar-refractivity contribution >= 4 is 12.0 Å². The number of methoxy groups -OCH3 is 1. The molecule has 0 fully saturated rings. The first-order chi connectivity index (χ1) is 6.06. The van der Waals surface area contributed by atoms with Gasteiger partial charge in [0.2, 0.25) is 0 Å². The Morgan fingerprint density at radius 3 is 2.62 bits per heavy atom. The van der Waals surface area contributed by atoms with Gasteiger partial charge >= 0.3 is 12.0 Å². The number of carbonyl (C=O) groups is 2. The lowest BCUT2D eigenvalue weighted by Crippen LogP contribution is -2.48. The van der Waals surface area contributed by atoms with E-state index >= 15 is 0 Å². The van der Waals surface area contributed by atoms with Gasteiger partial charge in [-0.05, 0) is 13.8 Å². The number of ether oxygens (including phenoxy) is 1. The third-order valence-electron chi connectivity index (χ3n) is 1.89. The summed E-state index contributed by atoms with van der Waals surface area (Å²) in [5, 5.41) is 5.07. The molecule has 0 saturated carbocycles. The number of amides is 2. The summed E-state index contributed by atoms with van der Waals surface area (Å²) in [6.07, 6.45) is 0. The van der Waals surface area contributed by atoms with Crippen LogP contribution in [-0.2, 0) is 9.53 Å². The smallest absolute Gasteiger partial charge is 0.337 e. The van der Waals surface area contributed by atoms with E-state index in [0.717, 1.165) is 0 Å². The number of nitrogens with one attached hydrogen (secondary N) is 2. The molecular formula is C8H12N2O3. The second-order valence-electron chi connectivity index (χ2n) is 2.85. The molecule has 1 aliphatic heterocycles. The summed E-state index contributed by atoms with van der Waals surface area (Å²) in [6, 6.07) is -0.598. The molecule has 13 heavy (non-hydrogen) atoms. The molecule has 2 amide bonds. The van der Waals surface area contributed by atoms with E-state index in [2.05, 4.69) is 15.4 Å². The first-order valence-corrected chi connectivity index (χ1v) is 3.93. The maximum atomic E-state index is 11.2. The van der Waals surface area contributed by atoms with Crippen LogP contribution in [0.1, 0.15) is 13.8 Å². The van der Waals surface area contributed by atoms with Crippen LogP contribution in [-0.4, -0.2) is 25.2 Å². The Balaban J connectivity index is 2.97.